The average molecular weight is 607 g/mol. The number of benzene rings is 2. The Balaban J connectivity index is 1.75. The van der Waals surface area contributed by atoms with E-state index in [1.165, 1.54) is 22.6 Å². The zero-order valence-corrected chi connectivity index (χ0v) is 25.0. The number of nitrogens with one attached hydrogen (secondary N) is 3. The molecule has 0 aliphatic carbocycles. The fourth-order valence-corrected chi connectivity index (χ4v) is 6.33. The van der Waals surface area contributed by atoms with Crippen molar-refractivity contribution in [2.45, 2.75) is 50.6 Å². The summed E-state index contributed by atoms with van der Waals surface area (Å²) in [5.41, 5.74) is 7.38. The first-order valence-electron chi connectivity index (χ1n) is 13.1. The van der Waals surface area contributed by atoms with Gasteiger partial charge in [-0.2, -0.15) is 11.8 Å². The van der Waals surface area contributed by atoms with Gasteiger partial charge in [-0.15, -0.1) is 0 Å². The Kier molecular flexibility index (Phi) is 16.1. The number of carboxylic acids is 1. The van der Waals surface area contributed by atoms with Gasteiger partial charge in [0.2, 0.25) is 11.8 Å². The summed E-state index contributed by atoms with van der Waals surface area (Å²) in [5.74, 6) is -0.330. The first-order chi connectivity index (χ1) is 19.3. The lowest BCUT2D eigenvalue weighted by molar-refractivity contribution is -0.142. The van der Waals surface area contributed by atoms with Crippen LogP contribution in [-0.2, 0) is 14.4 Å². The van der Waals surface area contributed by atoms with E-state index in [0.29, 0.717) is 23.4 Å². The quantitative estimate of drug-likeness (QED) is 0.0874. The summed E-state index contributed by atoms with van der Waals surface area (Å²) in [6.07, 6.45) is 6.35. The molecule has 0 saturated heterocycles. The third kappa shape index (κ3) is 13.5. The number of unbranched alkanes of at least 4 members (excludes halogenated alkanes) is 3. The summed E-state index contributed by atoms with van der Waals surface area (Å²) in [4.78, 5) is 49.4. The van der Waals surface area contributed by atoms with E-state index < -0.39 is 29.9 Å². The molecule has 12 heteroatoms. The zero-order valence-electron chi connectivity index (χ0n) is 22.6. The van der Waals surface area contributed by atoms with Crippen molar-refractivity contribution in [2.75, 3.05) is 34.6 Å². The number of hydrogen-bond donors (Lipinski definition) is 5. The highest BCUT2D eigenvalue weighted by Crippen LogP contribution is 2.24. The van der Waals surface area contributed by atoms with Gasteiger partial charge in [0, 0.05) is 34.9 Å². The molecule has 2 aromatic rings. The number of nitrogen functional groups attached to an aromatic ring is 1. The third-order valence-corrected chi connectivity index (χ3v) is 8.92. The summed E-state index contributed by atoms with van der Waals surface area (Å²) in [6, 6.07) is 13.8. The predicted molar refractivity (Wildman–Crippen MR) is 168 cm³/mol. The molecule has 9 nitrogen and oxygen atoms in total. The van der Waals surface area contributed by atoms with Crippen LogP contribution in [0, 0.1) is 0 Å². The fraction of sp³-hybridized carbons (Fsp3) is 0.429. The second-order valence-electron chi connectivity index (χ2n) is 9.01. The van der Waals surface area contributed by atoms with Crippen LogP contribution in [-0.4, -0.2) is 64.4 Å². The van der Waals surface area contributed by atoms with Gasteiger partial charge in [0.25, 0.3) is 5.91 Å². The van der Waals surface area contributed by atoms with Gasteiger partial charge >= 0.3 is 5.97 Å². The van der Waals surface area contributed by atoms with E-state index >= 15 is 0 Å². The monoisotopic (exact) mass is 606 g/mol. The van der Waals surface area contributed by atoms with Crippen LogP contribution >= 0.6 is 33.3 Å². The largest absolute Gasteiger partial charge is 0.480 e. The van der Waals surface area contributed by atoms with Crippen molar-refractivity contribution in [2.24, 2.45) is 0 Å². The van der Waals surface area contributed by atoms with Crippen molar-refractivity contribution in [3.8, 4) is 0 Å². The summed E-state index contributed by atoms with van der Waals surface area (Å²) < 4.78 is 0. The molecule has 0 aromatic heterocycles. The van der Waals surface area contributed by atoms with Crippen LogP contribution in [0.3, 0.4) is 0 Å². The predicted octanol–water partition coefficient (Wildman–Crippen LogP) is 4.66. The number of anilines is 2. The smallest absolute Gasteiger partial charge is 0.326 e. The van der Waals surface area contributed by atoms with Crippen molar-refractivity contribution < 1.29 is 24.3 Å². The molecule has 0 saturated carbocycles. The maximum absolute atomic E-state index is 13.0. The van der Waals surface area contributed by atoms with E-state index in [0.717, 1.165) is 37.1 Å². The van der Waals surface area contributed by atoms with Gasteiger partial charge in [0.1, 0.15) is 12.1 Å². The Morgan fingerprint density at radius 1 is 0.850 bits per heavy atom. The van der Waals surface area contributed by atoms with Crippen molar-refractivity contribution in [3.05, 3.63) is 60.2 Å². The summed E-state index contributed by atoms with van der Waals surface area (Å²) in [7, 11) is 3.06. The van der Waals surface area contributed by atoms with E-state index in [2.05, 4.69) is 16.0 Å². The second kappa shape index (κ2) is 19.3. The molecular weight excluding hydrogens is 569 g/mol. The van der Waals surface area contributed by atoms with Gasteiger partial charge < -0.3 is 26.8 Å². The average Bonchev–Trinajstić information content (AvgIpc) is 2.94. The highest BCUT2D eigenvalue weighted by atomic mass is 33.1. The highest BCUT2D eigenvalue weighted by Gasteiger charge is 2.27. The first-order valence-corrected chi connectivity index (χ1v) is 17.0. The number of carbonyl (C=O) groups is 4. The van der Waals surface area contributed by atoms with Crippen LogP contribution in [0.4, 0.5) is 11.4 Å². The van der Waals surface area contributed by atoms with E-state index in [9.17, 15) is 24.3 Å². The topological polar surface area (TPSA) is 151 Å². The lowest BCUT2D eigenvalue weighted by Gasteiger charge is -2.21. The number of nitrogens with two attached hydrogens (primary N) is 1. The van der Waals surface area contributed by atoms with E-state index in [4.69, 9.17) is 5.73 Å². The van der Waals surface area contributed by atoms with Gasteiger partial charge in [-0.3, -0.25) is 14.4 Å². The molecule has 0 aliphatic rings. The number of thioether (sulfide) groups is 1. The SMILES string of the molecule is CSCC[C@H](NC(=O)[C@H](CSSCCCCCCC(=O)Nc1ccccc1)NC(=O)c1ccc(N)cc1)C(=O)O. The molecule has 0 heterocycles. The van der Waals surface area contributed by atoms with Crippen LogP contribution in [0.15, 0.2) is 54.6 Å². The standard InChI is InChI=1S/C28H38N4O5S3/c1-38-18-16-23(28(36)37)31-27(35)24(32-26(34)20-12-14-21(29)15-13-20)19-40-39-17-8-3-2-7-11-25(33)30-22-9-5-4-6-10-22/h4-6,9-10,12-15,23-24H,2-3,7-8,11,16-19,29H2,1H3,(H,30,33)(H,31,35)(H,32,34)(H,36,37)/t23-,24-/m0/s1. The zero-order chi connectivity index (χ0) is 29.2. The Bertz CT molecular complexity index is 1070. The van der Waals surface area contributed by atoms with Crippen LogP contribution in [0.1, 0.15) is 48.9 Å². The molecule has 0 spiro atoms. The Morgan fingerprint density at radius 3 is 2.23 bits per heavy atom. The summed E-state index contributed by atoms with van der Waals surface area (Å²) >= 11 is 1.50. The lowest BCUT2D eigenvalue weighted by atomic mass is 10.1. The molecule has 40 heavy (non-hydrogen) atoms. The minimum Gasteiger partial charge on any atom is -0.480 e. The number of carboxylic acid groups (broad SMARTS) is 1. The summed E-state index contributed by atoms with van der Waals surface area (Å²) in [6.45, 7) is 0. The molecule has 0 fully saturated rings. The van der Waals surface area contributed by atoms with Gasteiger partial charge in [-0.25, -0.2) is 4.79 Å². The molecule has 0 bridgehead atoms. The van der Waals surface area contributed by atoms with E-state index in [1.54, 1.807) is 35.1 Å². The molecule has 2 aromatic carbocycles. The lowest BCUT2D eigenvalue weighted by Crippen LogP contribution is -2.52. The van der Waals surface area contributed by atoms with Gasteiger partial charge in [0.15, 0.2) is 0 Å². The second-order valence-corrected chi connectivity index (χ2v) is 12.6. The minimum absolute atomic E-state index is 0.0139. The molecule has 2 atom stereocenters. The van der Waals surface area contributed by atoms with Crippen LogP contribution < -0.4 is 21.7 Å². The number of para-hydroxylation sites is 1. The van der Waals surface area contributed by atoms with E-state index in [-0.39, 0.29) is 18.1 Å². The molecular formula is C28H38N4O5S3. The molecule has 6 N–H and O–H groups in total. The van der Waals surface area contributed by atoms with E-state index in [1.807, 2.05) is 36.6 Å². The number of amides is 3. The molecule has 218 valence electrons. The van der Waals surface area contributed by atoms with Gasteiger partial charge in [-0.1, -0.05) is 52.6 Å². The van der Waals surface area contributed by atoms with Crippen LogP contribution in [0.25, 0.3) is 0 Å². The van der Waals surface area contributed by atoms with Gasteiger partial charge in [-0.05, 0) is 67.7 Å². The van der Waals surface area contributed by atoms with Crippen molar-refractivity contribution in [1.29, 1.82) is 0 Å². The fourth-order valence-electron chi connectivity index (χ4n) is 3.54. The van der Waals surface area contributed by atoms with Gasteiger partial charge in [0.05, 0.1) is 0 Å². The highest BCUT2D eigenvalue weighted by molar-refractivity contribution is 8.76. The Hall–Kier alpha value is -2.83. The van der Waals surface area contributed by atoms with Crippen LogP contribution in [0.2, 0.25) is 0 Å². The molecule has 0 aliphatic heterocycles. The van der Waals surface area contributed by atoms with Crippen molar-refractivity contribution in [3.63, 3.8) is 0 Å². The number of carbonyl (C=O) groups excluding carboxylic acids is 3. The molecule has 0 unspecified atom stereocenters. The molecule has 3 amide bonds. The third-order valence-electron chi connectivity index (χ3n) is 5.78. The number of hydrogen-bond acceptors (Lipinski definition) is 8. The number of rotatable bonds is 19. The Morgan fingerprint density at radius 2 is 1.55 bits per heavy atom. The minimum atomic E-state index is -1.11. The normalized spacial score (nSPS) is 12.2. The molecule has 2 rings (SSSR count). The first kappa shape index (κ1) is 33.4. The van der Waals surface area contributed by atoms with Crippen molar-refractivity contribution >= 4 is 68.4 Å². The molecule has 0 radical (unpaired) electrons. The Labute approximate surface area is 248 Å². The maximum atomic E-state index is 13.0. The summed E-state index contributed by atoms with van der Waals surface area (Å²) in [5, 5.41) is 17.7. The van der Waals surface area contributed by atoms with Crippen LogP contribution in [0.5, 0.6) is 0 Å². The number of aliphatic carboxylic acids is 1. The maximum Gasteiger partial charge on any atom is 0.326 e. The van der Waals surface area contributed by atoms with Crippen molar-refractivity contribution in [1.82, 2.24) is 10.6 Å².